The first-order valence-electron chi connectivity index (χ1n) is 10.9. The summed E-state index contributed by atoms with van der Waals surface area (Å²) in [5.41, 5.74) is 2.91. The molecular weight excluding hydrogens is 431 g/mol. The van der Waals surface area contributed by atoms with Crippen LogP contribution in [0.2, 0.25) is 0 Å². The molecule has 1 saturated heterocycles. The summed E-state index contributed by atoms with van der Waals surface area (Å²) < 4.78 is 43.0. The number of halogens is 3. The van der Waals surface area contributed by atoms with Gasteiger partial charge in [-0.15, -0.1) is 0 Å². The SMILES string of the molecule is CN(C)c1ccc(C(=O)N2C3CCCC2c2nn(C)c(-c4cc(F)c(F)c(F)c4)c2C3)cn1. The average Bonchev–Trinajstić information content (AvgIpc) is 3.12. The first kappa shape index (κ1) is 21.5. The topological polar surface area (TPSA) is 54.3 Å². The van der Waals surface area contributed by atoms with E-state index in [0.29, 0.717) is 17.7 Å². The van der Waals surface area contributed by atoms with Crippen molar-refractivity contribution in [3.63, 3.8) is 0 Å². The lowest BCUT2D eigenvalue weighted by Crippen LogP contribution is -2.49. The lowest BCUT2D eigenvalue weighted by atomic mass is 9.81. The summed E-state index contributed by atoms with van der Waals surface area (Å²) in [4.78, 5) is 21.6. The second kappa shape index (κ2) is 7.90. The molecule has 2 atom stereocenters. The molecule has 6 nitrogen and oxygen atoms in total. The number of hydrogen-bond donors (Lipinski definition) is 0. The van der Waals surface area contributed by atoms with Crippen LogP contribution in [0.4, 0.5) is 19.0 Å². The van der Waals surface area contributed by atoms with Crippen LogP contribution < -0.4 is 4.90 Å². The molecule has 3 aromatic rings. The van der Waals surface area contributed by atoms with Gasteiger partial charge in [0.1, 0.15) is 5.82 Å². The summed E-state index contributed by atoms with van der Waals surface area (Å²) in [5.74, 6) is -3.29. The van der Waals surface area contributed by atoms with Gasteiger partial charge in [0.05, 0.1) is 23.0 Å². The van der Waals surface area contributed by atoms with Crippen LogP contribution >= 0.6 is 0 Å². The Bertz CT molecular complexity index is 1210. The van der Waals surface area contributed by atoms with Crippen LogP contribution in [0.5, 0.6) is 0 Å². The van der Waals surface area contributed by atoms with Gasteiger partial charge in [-0.3, -0.25) is 9.48 Å². The highest BCUT2D eigenvalue weighted by Crippen LogP contribution is 2.45. The molecular formula is C24H24F3N5O. The van der Waals surface area contributed by atoms with Crippen LogP contribution in [0.3, 0.4) is 0 Å². The lowest BCUT2D eigenvalue weighted by molar-refractivity contribution is 0.0391. The van der Waals surface area contributed by atoms with Crippen LogP contribution in [0, 0.1) is 17.5 Å². The van der Waals surface area contributed by atoms with Gasteiger partial charge >= 0.3 is 0 Å². The highest BCUT2D eigenvalue weighted by atomic mass is 19.2. The maximum atomic E-state index is 14.0. The van der Waals surface area contributed by atoms with E-state index in [4.69, 9.17) is 0 Å². The van der Waals surface area contributed by atoms with Gasteiger partial charge in [0, 0.05) is 44.5 Å². The Morgan fingerprint density at radius 3 is 2.48 bits per heavy atom. The van der Waals surface area contributed by atoms with Crippen molar-refractivity contribution >= 4 is 11.7 Å². The van der Waals surface area contributed by atoms with Crippen molar-refractivity contribution in [2.45, 2.75) is 37.8 Å². The lowest BCUT2D eigenvalue weighted by Gasteiger charge is -2.45. The molecule has 0 aliphatic carbocycles. The van der Waals surface area contributed by atoms with Crippen molar-refractivity contribution in [2.24, 2.45) is 7.05 Å². The van der Waals surface area contributed by atoms with E-state index in [1.807, 2.05) is 30.0 Å². The molecule has 2 aromatic heterocycles. The molecule has 1 amide bonds. The minimum absolute atomic E-state index is 0.0598. The van der Waals surface area contributed by atoms with Crippen molar-refractivity contribution in [1.82, 2.24) is 19.7 Å². The van der Waals surface area contributed by atoms with Crippen molar-refractivity contribution in [3.8, 4) is 11.3 Å². The summed E-state index contributed by atoms with van der Waals surface area (Å²) in [6.07, 6.45) is 4.65. The third-order valence-corrected chi connectivity index (χ3v) is 6.62. The predicted molar refractivity (Wildman–Crippen MR) is 117 cm³/mol. The fraction of sp³-hybridized carbons (Fsp3) is 0.375. The average molecular weight is 455 g/mol. The molecule has 4 heterocycles. The molecule has 2 aliphatic heterocycles. The van der Waals surface area contributed by atoms with Crippen molar-refractivity contribution in [3.05, 3.63) is 64.7 Å². The number of fused-ring (bicyclic) bond motifs is 4. The monoisotopic (exact) mass is 455 g/mol. The van der Waals surface area contributed by atoms with Gasteiger partial charge in [0.25, 0.3) is 5.91 Å². The minimum Gasteiger partial charge on any atom is -0.363 e. The number of piperidine rings is 1. The number of hydrogen-bond acceptors (Lipinski definition) is 4. The zero-order valence-corrected chi connectivity index (χ0v) is 18.6. The van der Waals surface area contributed by atoms with Gasteiger partial charge in [-0.2, -0.15) is 5.10 Å². The molecule has 0 saturated carbocycles. The summed E-state index contributed by atoms with van der Waals surface area (Å²) >= 11 is 0. The van der Waals surface area contributed by atoms with Gasteiger partial charge in [0.15, 0.2) is 17.5 Å². The van der Waals surface area contributed by atoms with Crippen molar-refractivity contribution < 1.29 is 18.0 Å². The van der Waals surface area contributed by atoms with E-state index in [1.165, 1.54) is 0 Å². The van der Waals surface area contributed by atoms with Crippen molar-refractivity contribution in [1.29, 1.82) is 0 Å². The molecule has 2 bridgehead atoms. The first-order valence-corrected chi connectivity index (χ1v) is 10.9. The summed E-state index contributed by atoms with van der Waals surface area (Å²) in [6, 6.07) is 5.31. The second-order valence-corrected chi connectivity index (χ2v) is 8.91. The molecule has 2 aliphatic rings. The zero-order valence-electron chi connectivity index (χ0n) is 18.6. The van der Waals surface area contributed by atoms with E-state index in [9.17, 15) is 18.0 Å². The second-order valence-electron chi connectivity index (χ2n) is 8.91. The number of aromatic nitrogens is 3. The number of anilines is 1. The van der Waals surface area contributed by atoms with E-state index in [0.717, 1.165) is 48.5 Å². The van der Waals surface area contributed by atoms with Crippen molar-refractivity contribution in [2.75, 3.05) is 19.0 Å². The van der Waals surface area contributed by atoms with E-state index >= 15 is 0 Å². The van der Waals surface area contributed by atoms with Crippen LogP contribution in [-0.4, -0.2) is 45.7 Å². The fourth-order valence-electron chi connectivity index (χ4n) is 5.13. The number of nitrogens with zero attached hydrogens (tertiary/aromatic N) is 5. The van der Waals surface area contributed by atoms with Gasteiger partial charge < -0.3 is 9.80 Å². The smallest absolute Gasteiger partial charge is 0.256 e. The minimum atomic E-state index is -1.49. The van der Waals surface area contributed by atoms with Crippen LogP contribution in [0.1, 0.15) is 46.9 Å². The molecule has 172 valence electrons. The molecule has 0 N–H and O–H groups in total. The Morgan fingerprint density at radius 2 is 1.85 bits per heavy atom. The van der Waals surface area contributed by atoms with E-state index in [1.54, 1.807) is 24.0 Å². The summed E-state index contributed by atoms with van der Waals surface area (Å²) in [7, 11) is 5.47. The predicted octanol–water partition coefficient (Wildman–Crippen LogP) is 4.26. The number of carbonyl (C=O) groups excluding carboxylic acids is 1. The maximum Gasteiger partial charge on any atom is 0.256 e. The van der Waals surface area contributed by atoms with Crippen LogP contribution in [0.15, 0.2) is 30.5 Å². The van der Waals surface area contributed by atoms with Gasteiger partial charge in [-0.1, -0.05) is 0 Å². The van der Waals surface area contributed by atoms with E-state index in [-0.39, 0.29) is 23.6 Å². The maximum absolute atomic E-state index is 14.0. The standard InChI is InChI=1S/C24H24F3N5O/c1-30(2)20-8-7-13(12-28-20)24(33)32-15-5-4-6-19(32)22-16(11-15)23(31(3)29-22)14-9-17(25)21(27)18(26)10-14/h7-10,12,15,19H,4-6,11H2,1-3H3. The first-order chi connectivity index (χ1) is 15.8. The molecule has 2 unspecified atom stereocenters. The molecule has 9 heteroatoms. The molecule has 5 rings (SSSR count). The number of rotatable bonds is 3. The van der Waals surface area contributed by atoms with Crippen LogP contribution in [-0.2, 0) is 13.5 Å². The molecule has 33 heavy (non-hydrogen) atoms. The number of amides is 1. The van der Waals surface area contributed by atoms with E-state index in [2.05, 4.69) is 10.1 Å². The summed E-state index contributed by atoms with van der Waals surface area (Å²) in [6.45, 7) is 0. The third-order valence-electron chi connectivity index (χ3n) is 6.62. The largest absolute Gasteiger partial charge is 0.363 e. The Labute approximate surface area is 189 Å². The number of aryl methyl sites for hydroxylation is 1. The van der Waals surface area contributed by atoms with Gasteiger partial charge in [-0.05, 0) is 49.9 Å². The Hall–Kier alpha value is -3.36. The van der Waals surface area contributed by atoms with Crippen LogP contribution in [0.25, 0.3) is 11.3 Å². The van der Waals surface area contributed by atoms with Gasteiger partial charge in [0.2, 0.25) is 0 Å². The Morgan fingerprint density at radius 1 is 1.12 bits per heavy atom. The third kappa shape index (κ3) is 3.46. The number of carbonyl (C=O) groups is 1. The number of pyridine rings is 1. The molecule has 0 spiro atoms. The zero-order chi connectivity index (χ0) is 23.4. The quantitative estimate of drug-likeness (QED) is 0.554. The van der Waals surface area contributed by atoms with Gasteiger partial charge in [-0.25, -0.2) is 18.2 Å². The Kier molecular flexibility index (Phi) is 5.14. The normalized spacial score (nSPS) is 19.4. The fourth-order valence-corrected chi connectivity index (χ4v) is 5.13. The molecule has 1 aromatic carbocycles. The summed E-state index contributed by atoms with van der Waals surface area (Å²) in [5, 5.41) is 4.66. The Balaban J connectivity index is 1.54. The molecule has 0 radical (unpaired) electrons. The highest BCUT2D eigenvalue weighted by Gasteiger charge is 2.43. The van der Waals surface area contributed by atoms with E-state index < -0.39 is 17.5 Å². The highest BCUT2D eigenvalue weighted by molar-refractivity contribution is 5.95. The number of benzene rings is 1. The molecule has 1 fully saturated rings.